The molecule has 10 heteroatoms. The number of hydrogen-bond donors (Lipinski definition) is 2. The van der Waals surface area contributed by atoms with Crippen LogP contribution in [0.25, 0.3) is 11.0 Å². The number of carbonyl (C=O) groups excluding carboxylic acids is 2. The minimum Gasteiger partial charge on any atom is -0.460 e. The van der Waals surface area contributed by atoms with Gasteiger partial charge < -0.3 is 24.7 Å². The first-order valence-corrected chi connectivity index (χ1v) is 11.5. The smallest absolute Gasteiger partial charge is 0.255 e. The number of amides is 2. The molecular formula is C26H26N6O4. The zero-order valence-corrected chi connectivity index (χ0v) is 20.2. The number of fused-ring (bicyclic) bond motifs is 1. The summed E-state index contributed by atoms with van der Waals surface area (Å²) in [5, 5.41) is 6.52. The standard InChI is InChI=1S/C26H26N6O4/c1-16-24(25(34)27-2)20-8-7-19(14-21(20)35-16)36-22-9-10-28-26(30-22)29-17-5-4-6-18(13-17)32-12-11-31(3)15-23(32)33/h4-10,13-14H,11-12,15H2,1-3H3,(H,27,34)(H,28,29,30). The molecule has 10 nitrogen and oxygen atoms in total. The first-order chi connectivity index (χ1) is 17.4. The molecule has 2 N–H and O–H groups in total. The van der Waals surface area contributed by atoms with Crippen molar-refractivity contribution >= 4 is 40.1 Å². The Hall–Kier alpha value is -4.44. The number of aryl methyl sites for hydroxylation is 1. The van der Waals surface area contributed by atoms with Crippen molar-refractivity contribution in [2.24, 2.45) is 0 Å². The van der Waals surface area contributed by atoms with Crippen LogP contribution in [-0.2, 0) is 4.79 Å². The summed E-state index contributed by atoms with van der Waals surface area (Å²) in [5.41, 5.74) is 2.63. The normalized spacial score (nSPS) is 14.2. The van der Waals surface area contributed by atoms with Crippen LogP contribution in [-0.4, -0.2) is 60.4 Å². The number of likely N-dealkylation sites (N-methyl/N-ethyl adjacent to an activating group) is 1. The molecule has 1 saturated heterocycles. The Labute approximate surface area is 207 Å². The Balaban J connectivity index is 1.32. The molecule has 0 bridgehead atoms. The molecule has 2 aromatic heterocycles. The third kappa shape index (κ3) is 4.71. The number of carbonyl (C=O) groups is 2. The number of hydrogen-bond acceptors (Lipinski definition) is 8. The van der Waals surface area contributed by atoms with Gasteiger partial charge in [-0.15, -0.1) is 0 Å². The minimum absolute atomic E-state index is 0.0683. The molecule has 0 radical (unpaired) electrons. The van der Waals surface area contributed by atoms with Crippen LogP contribution in [0.1, 0.15) is 16.1 Å². The fraction of sp³-hybridized carbons (Fsp3) is 0.231. The number of rotatable bonds is 6. The van der Waals surface area contributed by atoms with Gasteiger partial charge in [-0.3, -0.25) is 14.5 Å². The van der Waals surface area contributed by atoms with Gasteiger partial charge in [-0.1, -0.05) is 6.07 Å². The molecule has 0 atom stereocenters. The van der Waals surface area contributed by atoms with Gasteiger partial charge >= 0.3 is 0 Å². The molecule has 0 aliphatic carbocycles. The lowest BCUT2D eigenvalue weighted by Crippen LogP contribution is -2.48. The van der Waals surface area contributed by atoms with E-state index in [1.54, 1.807) is 49.3 Å². The van der Waals surface area contributed by atoms with Gasteiger partial charge in [0.15, 0.2) is 0 Å². The Bertz CT molecular complexity index is 1450. The maximum atomic E-state index is 12.4. The quantitative estimate of drug-likeness (QED) is 0.424. The second kappa shape index (κ2) is 9.67. The van der Waals surface area contributed by atoms with E-state index < -0.39 is 0 Å². The van der Waals surface area contributed by atoms with E-state index >= 15 is 0 Å². The zero-order chi connectivity index (χ0) is 25.2. The Morgan fingerprint density at radius 2 is 2.00 bits per heavy atom. The average molecular weight is 487 g/mol. The fourth-order valence-corrected chi connectivity index (χ4v) is 4.19. The largest absolute Gasteiger partial charge is 0.460 e. The SMILES string of the molecule is CNC(=O)c1c(C)oc2cc(Oc3ccnc(Nc4cccc(N5CCN(C)CC5=O)c4)n3)ccc12. The summed E-state index contributed by atoms with van der Waals surface area (Å²) in [7, 11) is 3.52. The molecule has 184 valence electrons. The van der Waals surface area contributed by atoms with Gasteiger partial charge in [0, 0.05) is 55.2 Å². The van der Waals surface area contributed by atoms with Gasteiger partial charge in [0.1, 0.15) is 17.1 Å². The van der Waals surface area contributed by atoms with Gasteiger partial charge in [-0.25, -0.2) is 4.98 Å². The molecule has 2 aromatic carbocycles. The first kappa shape index (κ1) is 23.3. The minimum atomic E-state index is -0.201. The number of nitrogens with one attached hydrogen (secondary N) is 2. The molecule has 4 aromatic rings. The van der Waals surface area contributed by atoms with Crippen molar-refractivity contribution < 1.29 is 18.7 Å². The van der Waals surface area contributed by atoms with E-state index in [0.29, 0.717) is 53.0 Å². The van der Waals surface area contributed by atoms with Crippen molar-refractivity contribution in [2.45, 2.75) is 6.92 Å². The summed E-state index contributed by atoms with van der Waals surface area (Å²) in [6, 6.07) is 14.5. The Morgan fingerprint density at radius 3 is 2.81 bits per heavy atom. The maximum Gasteiger partial charge on any atom is 0.255 e. The van der Waals surface area contributed by atoms with E-state index in [1.807, 2.05) is 36.2 Å². The Morgan fingerprint density at radius 1 is 1.14 bits per heavy atom. The predicted octanol–water partition coefficient (Wildman–Crippen LogP) is 3.71. The number of piperazine rings is 1. The molecule has 1 aliphatic rings. The van der Waals surface area contributed by atoms with Crippen molar-refractivity contribution in [2.75, 3.05) is 43.9 Å². The zero-order valence-electron chi connectivity index (χ0n) is 20.2. The number of anilines is 3. The molecule has 2 amide bonds. The number of ether oxygens (including phenoxy) is 1. The van der Waals surface area contributed by atoms with Crippen molar-refractivity contribution in [3.8, 4) is 11.6 Å². The third-order valence-electron chi connectivity index (χ3n) is 5.97. The Kier molecular flexibility index (Phi) is 6.26. The summed E-state index contributed by atoms with van der Waals surface area (Å²) in [6.07, 6.45) is 1.60. The second-order valence-electron chi connectivity index (χ2n) is 8.55. The maximum absolute atomic E-state index is 12.4. The van der Waals surface area contributed by atoms with Crippen molar-refractivity contribution in [1.29, 1.82) is 0 Å². The van der Waals surface area contributed by atoms with Crippen LogP contribution in [0.15, 0.2) is 59.1 Å². The highest BCUT2D eigenvalue weighted by molar-refractivity contribution is 6.07. The van der Waals surface area contributed by atoms with Gasteiger partial charge in [0.2, 0.25) is 17.7 Å². The van der Waals surface area contributed by atoms with Gasteiger partial charge in [0.25, 0.3) is 5.91 Å². The summed E-state index contributed by atoms with van der Waals surface area (Å²) < 4.78 is 11.7. The van der Waals surface area contributed by atoms with E-state index in [4.69, 9.17) is 9.15 Å². The predicted molar refractivity (Wildman–Crippen MR) is 136 cm³/mol. The number of nitrogens with zero attached hydrogens (tertiary/aromatic N) is 4. The molecule has 5 rings (SSSR count). The summed E-state index contributed by atoms with van der Waals surface area (Å²) in [4.78, 5) is 37.1. The molecule has 0 spiro atoms. The summed E-state index contributed by atoms with van der Waals surface area (Å²) >= 11 is 0. The highest BCUT2D eigenvalue weighted by Crippen LogP contribution is 2.31. The van der Waals surface area contributed by atoms with Crippen molar-refractivity contribution in [1.82, 2.24) is 20.2 Å². The lowest BCUT2D eigenvalue weighted by molar-refractivity contribution is -0.120. The highest BCUT2D eigenvalue weighted by atomic mass is 16.5. The van der Waals surface area contributed by atoms with Crippen LogP contribution < -0.4 is 20.3 Å². The van der Waals surface area contributed by atoms with Gasteiger partial charge in [-0.05, 0) is 44.3 Å². The molecule has 1 aliphatic heterocycles. The van der Waals surface area contributed by atoms with Gasteiger partial charge in [0.05, 0.1) is 12.1 Å². The lowest BCUT2D eigenvalue weighted by atomic mass is 10.1. The molecule has 3 heterocycles. The number of furan rings is 1. The van der Waals surface area contributed by atoms with Crippen molar-refractivity contribution in [3.05, 3.63) is 66.1 Å². The van der Waals surface area contributed by atoms with Crippen LogP contribution in [0.3, 0.4) is 0 Å². The molecule has 1 fully saturated rings. The van der Waals surface area contributed by atoms with Crippen LogP contribution in [0.2, 0.25) is 0 Å². The van der Waals surface area contributed by atoms with Crippen LogP contribution >= 0.6 is 0 Å². The summed E-state index contributed by atoms with van der Waals surface area (Å²) in [6.45, 7) is 3.61. The molecule has 36 heavy (non-hydrogen) atoms. The lowest BCUT2D eigenvalue weighted by Gasteiger charge is -2.32. The van der Waals surface area contributed by atoms with E-state index in [9.17, 15) is 9.59 Å². The number of benzene rings is 2. The summed E-state index contributed by atoms with van der Waals surface area (Å²) in [5.74, 6) is 1.61. The van der Waals surface area contributed by atoms with Crippen LogP contribution in [0.4, 0.5) is 17.3 Å². The van der Waals surface area contributed by atoms with Crippen LogP contribution in [0, 0.1) is 6.92 Å². The topological polar surface area (TPSA) is 113 Å². The van der Waals surface area contributed by atoms with Crippen molar-refractivity contribution in [3.63, 3.8) is 0 Å². The highest BCUT2D eigenvalue weighted by Gasteiger charge is 2.23. The number of aromatic nitrogens is 2. The molecule has 0 unspecified atom stereocenters. The molecular weight excluding hydrogens is 460 g/mol. The van der Waals surface area contributed by atoms with E-state index in [1.165, 1.54) is 0 Å². The van der Waals surface area contributed by atoms with Gasteiger partial charge in [-0.2, -0.15) is 4.98 Å². The average Bonchev–Trinajstić information content (AvgIpc) is 3.19. The first-order valence-electron chi connectivity index (χ1n) is 11.5. The van der Waals surface area contributed by atoms with E-state index in [0.717, 1.165) is 17.9 Å². The van der Waals surface area contributed by atoms with E-state index in [2.05, 4.69) is 20.6 Å². The fourth-order valence-electron chi connectivity index (χ4n) is 4.19. The second-order valence-corrected chi connectivity index (χ2v) is 8.55. The van der Waals surface area contributed by atoms with Crippen LogP contribution in [0.5, 0.6) is 11.6 Å². The molecule has 0 saturated carbocycles. The monoisotopic (exact) mass is 486 g/mol. The third-order valence-corrected chi connectivity index (χ3v) is 5.97. The van der Waals surface area contributed by atoms with E-state index in [-0.39, 0.29) is 11.8 Å².